The van der Waals surface area contributed by atoms with Crippen molar-refractivity contribution >= 4 is 45.8 Å². The van der Waals surface area contributed by atoms with Crippen molar-refractivity contribution in [1.82, 2.24) is 19.6 Å². The van der Waals surface area contributed by atoms with Crippen LogP contribution in [-0.4, -0.2) is 38.8 Å². The van der Waals surface area contributed by atoms with Crippen LogP contribution in [0.3, 0.4) is 0 Å². The molecule has 0 fully saturated rings. The van der Waals surface area contributed by atoms with Gasteiger partial charge in [0.2, 0.25) is 12.7 Å². The summed E-state index contributed by atoms with van der Waals surface area (Å²) in [5.41, 5.74) is 14.2. The second-order valence-corrected chi connectivity index (χ2v) is 10.6. The molecule has 0 spiro atoms. The molecule has 0 saturated heterocycles. The van der Waals surface area contributed by atoms with Gasteiger partial charge < -0.3 is 31.2 Å². The summed E-state index contributed by atoms with van der Waals surface area (Å²) < 4.78 is 15.0. The molecule has 1 aliphatic heterocycles. The maximum absolute atomic E-state index is 14.3. The molecule has 0 aliphatic carbocycles. The minimum atomic E-state index is -1.11. The van der Waals surface area contributed by atoms with Gasteiger partial charge in [-0.2, -0.15) is 4.37 Å². The van der Waals surface area contributed by atoms with Crippen LogP contribution in [0.25, 0.3) is 10.9 Å². The first-order valence-electron chi connectivity index (χ1n) is 13.3. The topological polar surface area (TPSA) is 163 Å². The number of nitrogens with one attached hydrogen (secondary N) is 1. The Morgan fingerprint density at radius 1 is 0.953 bits per heavy atom. The van der Waals surface area contributed by atoms with Gasteiger partial charge in [-0.3, -0.25) is 19.4 Å². The van der Waals surface area contributed by atoms with E-state index in [1.54, 1.807) is 42.6 Å². The number of amides is 3. The molecule has 3 heterocycles. The quantitative estimate of drug-likeness (QED) is 0.232. The standard InChI is InChI=1S/C31H26N6O5S/c32-25-26(29(33)38)36-43-28(25)31(40)37(16-19-8-11-23-24(13-19)42-17-41-23)27(30(39)35-15-18-5-2-1-3-6-18)21-9-10-22-20(14-21)7-4-12-34-22/h1-14,27H,15-17,32H2,(H2,33,38)(H,35,39)/t27-/m0/s1. The van der Waals surface area contributed by atoms with E-state index in [-0.39, 0.29) is 36.1 Å². The molecular weight excluding hydrogens is 568 g/mol. The van der Waals surface area contributed by atoms with Crippen LogP contribution in [-0.2, 0) is 17.9 Å². The molecule has 3 aromatic carbocycles. The molecule has 0 bridgehead atoms. The highest BCUT2D eigenvalue weighted by molar-refractivity contribution is 7.09. The molecule has 0 radical (unpaired) electrons. The van der Waals surface area contributed by atoms with Crippen LogP contribution >= 0.6 is 11.5 Å². The van der Waals surface area contributed by atoms with Crippen LogP contribution in [0.4, 0.5) is 5.69 Å². The van der Waals surface area contributed by atoms with Crippen molar-refractivity contribution in [2.24, 2.45) is 5.73 Å². The average Bonchev–Trinajstić information content (AvgIpc) is 3.66. The van der Waals surface area contributed by atoms with Crippen LogP contribution in [0.2, 0.25) is 0 Å². The van der Waals surface area contributed by atoms with E-state index in [9.17, 15) is 14.4 Å². The number of fused-ring (bicyclic) bond motifs is 2. The van der Waals surface area contributed by atoms with Crippen LogP contribution in [0.15, 0.2) is 85.1 Å². The summed E-state index contributed by atoms with van der Waals surface area (Å²) in [5, 5.41) is 3.78. The van der Waals surface area contributed by atoms with Crippen LogP contribution < -0.4 is 26.3 Å². The summed E-state index contributed by atoms with van der Waals surface area (Å²) in [6.45, 7) is 0.323. The number of pyridine rings is 1. The van der Waals surface area contributed by atoms with Gasteiger partial charge in [-0.15, -0.1) is 0 Å². The van der Waals surface area contributed by atoms with Gasteiger partial charge in [0.1, 0.15) is 10.9 Å². The van der Waals surface area contributed by atoms with E-state index in [1.807, 2.05) is 42.5 Å². The SMILES string of the molecule is NC(=O)c1nsc(C(=O)N(Cc2ccc3c(c2)OCO3)[C@H](C(=O)NCc2ccccc2)c2ccc3ncccc3c2)c1N. The van der Waals surface area contributed by atoms with E-state index in [0.717, 1.165) is 28.0 Å². The fourth-order valence-electron chi connectivity index (χ4n) is 4.89. The van der Waals surface area contributed by atoms with Crippen molar-refractivity contribution in [3.05, 3.63) is 112 Å². The molecule has 0 unspecified atom stereocenters. The number of nitrogen functional groups attached to an aromatic ring is 1. The van der Waals surface area contributed by atoms with Crippen molar-refractivity contribution in [1.29, 1.82) is 0 Å². The van der Waals surface area contributed by atoms with E-state index < -0.39 is 23.8 Å². The first kappa shape index (κ1) is 27.7. The molecule has 216 valence electrons. The third kappa shape index (κ3) is 5.68. The second-order valence-electron chi connectivity index (χ2n) is 9.82. The van der Waals surface area contributed by atoms with Crippen LogP contribution in [0.1, 0.15) is 42.9 Å². The lowest BCUT2D eigenvalue weighted by atomic mass is 10.00. The highest BCUT2D eigenvalue weighted by Gasteiger charge is 2.35. The number of ether oxygens (including phenoxy) is 2. The largest absolute Gasteiger partial charge is 0.454 e. The van der Waals surface area contributed by atoms with E-state index in [2.05, 4.69) is 14.7 Å². The smallest absolute Gasteiger partial charge is 0.270 e. The predicted molar refractivity (Wildman–Crippen MR) is 160 cm³/mol. The van der Waals surface area contributed by atoms with Gasteiger partial charge in [0.05, 0.1) is 11.2 Å². The second kappa shape index (κ2) is 11.8. The minimum Gasteiger partial charge on any atom is -0.454 e. The van der Waals surface area contributed by atoms with E-state index >= 15 is 0 Å². The lowest BCUT2D eigenvalue weighted by molar-refractivity contribution is -0.126. The van der Waals surface area contributed by atoms with Gasteiger partial charge in [-0.05, 0) is 58.6 Å². The average molecular weight is 595 g/mol. The molecule has 3 amide bonds. The van der Waals surface area contributed by atoms with E-state index in [4.69, 9.17) is 20.9 Å². The van der Waals surface area contributed by atoms with Crippen LogP contribution in [0.5, 0.6) is 11.5 Å². The molecule has 5 aromatic rings. The molecule has 6 rings (SSSR count). The monoisotopic (exact) mass is 594 g/mol. The number of benzene rings is 3. The third-order valence-electron chi connectivity index (χ3n) is 7.02. The van der Waals surface area contributed by atoms with Gasteiger partial charge in [0.25, 0.3) is 11.8 Å². The van der Waals surface area contributed by atoms with Gasteiger partial charge in [0, 0.05) is 24.7 Å². The number of hydrogen-bond acceptors (Lipinski definition) is 9. The Balaban J connectivity index is 1.45. The molecular formula is C31H26N6O5S. The minimum absolute atomic E-state index is 0.00198. The van der Waals surface area contributed by atoms with E-state index in [0.29, 0.717) is 22.6 Å². The lowest BCUT2D eigenvalue weighted by Gasteiger charge is -2.31. The zero-order valence-corrected chi connectivity index (χ0v) is 23.5. The molecule has 43 heavy (non-hydrogen) atoms. The Hall–Kier alpha value is -5.49. The van der Waals surface area contributed by atoms with E-state index in [1.165, 1.54) is 4.90 Å². The fourth-order valence-corrected chi connectivity index (χ4v) is 5.66. The fraction of sp³-hybridized carbons (Fsp3) is 0.129. The summed E-state index contributed by atoms with van der Waals surface area (Å²) in [6, 6.07) is 22.7. The number of anilines is 1. The van der Waals surface area contributed by atoms with Gasteiger partial charge in [0.15, 0.2) is 17.2 Å². The van der Waals surface area contributed by atoms with Crippen molar-refractivity contribution in [3.8, 4) is 11.5 Å². The number of hydrogen-bond donors (Lipinski definition) is 3. The Labute approximate surface area is 250 Å². The molecule has 1 atom stereocenters. The lowest BCUT2D eigenvalue weighted by Crippen LogP contribution is -2.43. The normalized spacial score (nSPS) is 12.6. The first-order valence-corrected chi connectivity index (χ1v) is 14.1. The number of carbonyl (C=O) groups is 3. The molecule has 0 saturated carbocycles. The summed E-state index contributed by atoms with van der Waals surface area (Å²) in [5.74, 6) is -0.751. The highest BCUT2D eigenvalue weighted by atomic mass is 32.1. The Morgan fingerprint density at radius 3 is 2.56 bits per heavy atom. The van der Waals surface area contributed by atoms with Crippen molar-refractivity contribution in [3.63, 3.8) is 0 Å². The Morgan fingerprint density at radius 2 is 1.77 bits per heavy atom. The Kier molecular flexibility index (Phi) is 7.58. The van der Waals surface area contributed by atoms with Gasteiger partial charge in [-0.1, -0.05) is 48.5 Å². The zero-order chi connectivity index (χ0) is 29.9. The molecule has 2 aromatic heterocycles. The summed E-state index contributed by atoms with van der Waals surface area (Å²) in [6.07, 6.45) is 1.68. The molecule has 1 aliphatic rings. The highest BCUT2D eigenvalue weighted by Crippen LogP contribution is 2.35. The molecule has 11 nitrogen and oxygen atoms in total. The number of nitrogens with zero attached hydrogens (tertiary/aromatic N) is 3. The van der Waals surface area contributed by atoms with Crippen LogP contribution in [0, 0.1) is 0 Å². The predicted octanol–water partition coefficient (Wildman–Crippen LogP) is 3.80. The van der Waals surface area contributed by atoms with Crippen molar-refractivity contribution in [2.45, 2.75) is 19.1 Å². The van der Waals surface area contributed by atoms with Crippen molar-refractivity contribution in [2.75, 3.05) is 12.5 Å². The molecule has 5 N–H and O–H groups in total. The zero-order valence-electron chi connectivity index (χ0n) is 22.7. The van der Waals surface area contributed by atoms with Crippen molar-refractivity contribution < 1.29 is 23.9 Å². The first-order chi connectivity index (χ1) is 20.9. The number of rotatable bonds is 9. The third-order valence-corrected chi connectivity index (χ3v) is 7.87. The summed E-state index contributed by atoms with van der Waals surface area (Å²) in [7, 11) is 0. The maximum Gasteiger partial charge on any atom is 0.270 e. The number of nitrogens with two attached hydrogens (primary N) is 2. The number of carbonyl (C=O) groups excluding carboxylic acids is 3. The van der Waals surface area contributed by atoms with Gasteiger partial charge >= 0.3 is 0 Å². The maximum atomic E-state index is 14.3. The molecule has 12 heteroatoms. The summed E-state index contributed by atoms with van der Waals surface area (Å²) in [4.78, 5) is 46.1. The number of aromatic nitrogens is 2. The number of primary amides is 1. The Bertz CT molecular complexity index is 1840. The summed E-state index contributed by atoms with van der Waals surface area (Å²) >= 11 is 0.755. The van der Waals surface area contributed by atoms with Gasteiger partial charge in [-0.25, -0.2) is 0 Å².